The van der Waals surface area contributed by atoms with Gasteiger partial charge in [-0.15, -0.1) is 0 Å². The van der Waals surface area contributed by atoms with Crippen LogP contribution < -0.4 is 25.5 Å². The predicted molar refractivity (Wildman–Crippen MR) is 278 cm³/mol. The number of aliphatic hydroxyl groups is 2. The van der Waals surface area contributed by atoms with Crippen LogP contribution in [-0.4, -0.2) is 102 Å². The third kappa shape index (κ3) is 15.5. The third-order valence-corrected chi connectivity index (χ3v) is 16.2. The number of carbonyl (C=O) groups is 3. The van der Waals surface area contributed by atoms with Crippen LogP contribution >= 0.6 is 0 Å². The summed E-state index contributed by atoms with van der Waals surface area (Å²) >= 11 is 0. The number of fused-ring (bicyclic) bond motifs is 1. The molecule has 2 heterocycles. The Kier molecular flexibility index (Phi) is 20.9. The fraction of sp³-hybridized carbons (Fsp3) is 0.421. The molecular formula is C57H67F5N4O10S. The van der Waals surface area contributed by atoms with E-state index in [0.29, 0.717) is 49.2 Å². The highest BCUT2D eigenvalue weighted by atomic mass is 32.2. The molecule has 416 valence electrons. The standard InChI is InChI=1S/C55H66F2N4O8S.C2HF3O2/c1-5-7-26-55(6-2)36-70(66,67)49-25-22-45(60(3)4)33-47(49)51(53(55)64)39-11-9-13-43(32-39)58-27-28-68-29-30-69-35-50(63)59-34-37-10-8-12-40(31-37)52-46(23-24-48(62)38-14-16-41(56)17-15-38)54(65)61(52)44-20-18-42(57)19-21-44;3-2(4,5)1(6)7/h8-22,25,31-33,46,48,51-53,58,62,64H,5-7,23-24,26-30,34-36H2,1-4H3,(H,59,63);(H,6,7). The van der Waals surface area contributed by atoms with Crippen molar-refractivity contribution in [2.24, 2.45) is 11.3 Å². The van der Waals surface area contributed by atoms with E-state index in [1.807, 2.05) is 81.7 Å². The number of benzene rings is 5. The molecular weight excluding hydrogens is 1030 g/mol. The fourth-order valence-electron chi connectivity index (χ4n) is 9.97. The second-order valence-electron chi connectivity index (χ2n) is 19.7. The van der Waals surface area contributed by atoms with Crippen LogP contribution in [0.2, 0.25) is 0 Å². The van der Waals surface area contributed by atoms with Crippen LogP contribution in [0.5, 0.6) is 0 Å². The van der Waals surface area contributed by atoms with Crippen molar-refractivity contribution in [3.63, 3.8) is 0 Å². The Bertz CT molecular complexity index is 2890. The second kappa shape index (κ2) is 26.9. The van der Waals surface area contributed by atoms with E-state index in [9.17, 15) is 50.2 Å². The van der Waals surface area contributed by atoms with Crippen molar-refractivity contribution in [2.45, 2.75) is 94.2 Å². The summed E-state index contributed by atoms with van der Waals surface area (Å²) < 4.78 is 98.4. The zero-order valence-corrected chi connectivity index (χ0v) is 44.3. The molecule has 6 atom stereocenters. The SMILES string of the molecule is CCCCC1(CC)CS(=O)(=O)c2ccc([NH+](C)C)cc2C(c2cccc(NCCOCCOCC(=O)NCc3cccc(C4C(CCC(O)c5ccc(F)cc5)C(=O)N4c4ccc(F)cc4)c3)c2)C1O.O=C([O-])C(F)(F)F. The Hall–Kier alpha value is -6.29. The van der Waals surface area contributed by atoms with Crippen LogP contribution in [0.4, 0.5) is 39.0 Å². The molecule has 1 fully saturated rings. The average Bonchev–Trinajstić information content (AvgIpc) is 3.58. The molecule has 0 spiro atoms. The van der Waals surface area contributed by atoms with Gasteiger partial charge in [-0.1, -0.05) is 75.2 Å². The summed E-state index contributed by atoms with van der Waals surface area (Å²) in [7, 11) is 0.300. The lowest BCUT2D eigenvalue weighted by Crippen LogP contribution is -3.00. The van der Waals surface area contributed by atoms with Gasteiger partial charge in [0.2, 0.25) is 11.8 Å². The lowest BCUT2D eigenvalue weighted by Gasteiger charge is -2.48. The molecule has 5 aromatic carbocycles. The highest BCUT2D eigenvalue weighted by Gasteiger charge is 2.50. The van der Waals surface area contributed by atoms with Crippen molar-refractivity contribution in [3.8, 4) is 0 Å². The van der Waals surface area contributed by atoms with Gasteiger partial charge in [0.25, 0.3) is 0 Å². The van der Waals surface area contributed by atoms with Crippen LogP contribution in [0.15, 0.2) is 120 Å². The number of hydrogen-bond acceptors (Lipinski definition) is 11. The van der Waals surface area contributed by atoms with Gasteiger partial charge in [0.15, 0.2) is 9.84 Å². The molecule has 5 N–H and O–H groups in total. The van der Waals surface area contributed by atoms with E-state index in [4.69, 9.17) is 19.4 Å². The number of quaternary nitrogens is 1. The van der Waals surface area contributed by atoms with Crippen LogP contribution in [0, 0.1) is 23.0 Å². The van der Waals surface area contributed by atoms with E-state index < -0.39 is 69.1 Å². The normalized spacial score (nSPS) is 20.3. The number of β-lactam (4-membered cyclic amide) rings is 1. The van der Waals surface area contributed by atoms with Crippen molar-refractivity contribution < 1.29 is 74.4 Å². The van der Waals surface area contributed by atoms with Gasteiger partial charge in [-0.3, -0.25) is 9.59 Å². The number of carbonyl (C=O) groups excluding carboxylic acids is 3. The van der Waals surface area contributed by atoms with E-state index in [1.54, 1.807) is 23.1 Å². The molecule has 2 aliphatic rings. The molecule has 0 aliphatic carbocycles. The Balaban J connectivity index is 0.00000128. The summed E-state index contributed by atoms with van der Waals surface area (Å²) in [5.74, 6) is -5.41. The first kappa shape index (κ1) is 59.9. The third-order valence-electron chi connectivity index (χ3n) is 14.2. The van der Waals surface area contributed by atoms with Crippen LogP contribution in [0.1, 0.15) is 98.3 Å². The monoisotopic (exact) mass is 1090 g/mol. The van der Waals surface area contributed by atoms with Gasteiger partial charge in [-0.05, 0) is 108 Å². The maximum atomic E-state index is 14.1. The number of amides is 2. The number of ether oxygens (including phenoxy) is 2. The second-order valence-corrected chi connectivity index (χ2v) is 21.6. The maximum absolute atomic E-state index is 14.1. The van der Waals surface area contributed by atoms with Gasteiger partial charge in [0.1, 0.15) is 29.9 Å². The quantitative estimate of drug-likeness (QED) is 0.0260. The molecule has 0 bridgehead atoms. The number of halogens is 5. The summed E-state index contributed by atoms with van der Waals surface area (Å²) in [6.45, 7) is 5.39. The Labute approximate surface area is 446 Å². The molecule has 0 aromatic heterocycles. The van der Waals surface area contributed by atoms with Gasteiger partial charge in [-0.25, -0.2) is 17.2 Å². The number of aliphatic hydroxyl groups excluding tert-OH is 2. The predicted octanol–water partition coefficient (Wildman–Crippen LogP) is 6.89. The number of carboxylic acid groups (broad SMARTS) is 1. The first-order chi connectivity index (χ1) is 36.6. The average molecular weight is 1100 g/mol. The maximum Gasteiger partial charge on any atom is 0.430 e. The lowest BCUT2D eigenvalue weighted by molar-refractivity contribution is -0.786. The molecule has 5 aromatic rings. The molecule has 6 unspecified atom stereocenters. The van der Waals surface area contributed by atoms with Crippen molar-refractivity contribution in [1.82, 2.24) is 5.32 Å². The summed E-state index contributed by atoms with van der Waals surface area (Å²) in [6, 6.07) is 31.9. The minimum atomic E-state index is -5.19. The number of rotatable bonds is 23. The van der Waals surface area contributed by atoms with Crippen molar-refractivity contribution in [3.05, 3.63) is 155 Å². The Morgan fingerprint density at radius 3 is 2.18 bits per heavy atom. The lowest BCUT2D eigenvalue weighted by atomic mass is 9.69. The number of nitrogens with zero attached hydrogens (tertiary/aromatic N) is 1. The molecule has 14 nitrogen and oxygen atoms in total. The minimum absolute atomic E-state index is 0.0989. The zero-order valence-electron chi connectivity index (χ0n) is 43.5. The van der Waals surface area contributed by atoms with Crippen molar-refractivity contribution in [2.75, 3.05) is 63.0 Å². The first-order valence-electron chi connectivity index (χ1n) is 25.6. The summed E-state index contributed by atoms with van der Waals surface area (Å²) in [5.41, 5.74) is 5.15. The van der Waals surface area contributed by atoms with Gasteiger partial charge < -0.3 is 50.0 Å². The first-order valence-corrected chi connectivity index (χ1v) is 27.2. The molecule has 2 aliphatic heterocycles. The van der Waals surface area contributed by atoms with Gasteiger partial charge in [-0.2, -0.15) is 13.2 Å². The van der Waals surface area contributed by atoms with E-state index >= 15 is 0 Å². The molecule has 2 amide bonds. The number of carboxylic acids is 1. The number of nitrogens with one attached hydrogen (secondary N) is 3. The topological polar surface area (TPSA) is 199 Å². The fourth-order valence-corrected chi connectivity index (χ4v) is 12.2. The highest BCUT2D eigenvalue weighted by Crippen LogP contribution is 2.50. The number of sulfone groups is 1. The van der Waals surface area contributed by atoms with Crippen LogP contribution in [0.3, 0.4) is 0 Å². The van der Waals surface area contributed by atoms with Crippen molar-refractivity contribution in [1.29, 1.82) is 0 Å². The Morgan fingerprint density at radius 2 is 1.53 bits per heavy atom. The summed E-state index contributed by atoms with van der Waals surface area (Å²) in [4.78, 5) is 38.1. The van der Waals surface area contributed by atoms with E-state index in [-0.39, 0.29) is 55.2 Å². The highest BCUT2D eigenvalue weighted by molar-refractivity contribution is 7.91. The summed E-state index contributed by atoms with van der Waals surface area (Å²) in [5, 5.41) is 38.3. The number of hydrogen-bond donors (Lipinski definition) is 5. The Morgan fingerprint density at radius 1 is 0.883 bits per heavy atom. The van der Waals surface area contributed by atoms with Crippen LogP contribution in [0.25, 0.3) is 0 Å². The molecule has 0 saturated carbocycles. The van der Waals surface area contributed by atoms with Gasteiger partial charge >= 0.3 is 6.18 Å². The molecule has 20 heteroatoms. The largest absolute Gasteiger partial charge is 0.542 e. The number of unbranched alkanes of at least 4 members (excludes halogenated alkanes) is 1. The van der Waals surface area contributed by atoms with E-state index in [2.05, 4.69) is 17.6 Å². The number of alkyl halides is 3. The van der Waals surface area contributed by atoms with Crippen LogP contribution in [-0.2, 0) is 40.2 Å². The molecule has 7 rings (SSSR count). The minimum Gasteiger partial charge on any atom is -0.542 e. The number of anilines is 2. The number of aliphatic carboxylic acids is 1. The molecule has 77 heavy (non-hydrogen) atoms. The summed E-state index contributed by atoms with van der Waals surface area (Å²) in [6.07, 6.45) is -3.49. The molecule has 1 saturated heterocycles. The van der Waals surface area contributed by atoms with Crippen molar-refractivity contribution >= 4 is 44.7 Å². The van der Waals surface area contributed by atoms with Gasteiger partial charge in [0, 0.05) is 47.9 Å². The molecule has 0 radical (unpaired) electrons. The van der Waals surface area contributed by atoms with E-state index in [0.717, 1.165) is 45.8 Å². The zero-order chi connectivity index (χ0) is 56.1. The smallest absolute Gasteiger partial charge is 0.430 e. The van der Waals surface area contributed by atoms with Gasteiger partial charge in [0.05, 0.1) is 68.7 Å². The van der Waals surface area contributed by atoms with E-state index in [1.165, 1.54) is 36.4 Å².